The minimum Gasteiger partial charge on any atom is -0.497 e. The van der Waals surface area contributed by atoms with Crippen LogP contribution in [0.5, 0.6) is 5.75 Å². The van der Waals surface area contributed by atoms with Crippen LogP contribution in [0.1, 0.15) is 11.1 Å². The van der Waals surface area contributed by atoms with Crippen LogP contribution < -0.4 is 20.9 Å². The van der Waals surface area contributed by atoms with Gasteiger partial charge in [0.1, 0.15) is 11.6 Å². The smallest absolute Gasteiger partial charge is 0.262 e. The number of ether oxygens (including phenoxy) is 1. The Balaban J connectivity index is 1.72. The van der Waals surface area contributed by atoms with E-state index in [0.29, 0.717) is 6.54 Å². The second-order valence-electron chi connectivity index (χ2n) is 5.03. The Bertz CT molecular complexity index is 746. The second-order valence-corrected chi connectivity index (χ2v) is 5.44. The molecular weight excluding hydrogens is 341 g/mol. The number of benzene rings is 2. The summed E-state index contributed by atoms with van der Waals surface area (Å²) in [6.07, 6.45) is 3.06. The zero-order valence-corrected chi connectivity index (χ0v) is 14.4. The predicted molar refractivity (Wildman–Crippen MR) is 99.1 cm³/mol. The number of amides is 1. The van der Waals surface area contributed by atoms with E-state index in [9.17, 15) is 9.18 Å². The van der Waals surface area contributed by atoms with E-state index >= 15 is 0 Å². The van der Waals surface area contributed by atoms with Crippen molar-refractivity contribution in [1.82, 2.24) is 16.2 Å². The molecule has 0 saturated carbocycles. The lowest BCUT2D eigenvalue weighted by molar-refractivity contribution is -0.116. The number of hydrogen-bond donors (Lipinski definition) is 3. The first-order valence-electron chi connectivity index (χ1n) is 7.47. The van der Waals surface area contributed by atoms with Crippen molar-refractivity contribution >= 4 is 29.3 Å². The van der Waals surface area contributed by atoms with Crippen molar-refractivity contribution in [2.75, 3.05) is 7.11 Å². The molecule has 0 heterocycles. The molecule has 2 aromatic carbocycles. The van der Waals surface area contributed by atoms with Crippen molar-refractivity contribution in [2.24, 2.45) is 0 Å². The number of nitrogens with one attached hydrogen (secondary N) is 3. The first kappa shape index (κ1) is 18.4. The van der Waals surface area contributed by atoms with Gasteiger partial charge in [0.25, 0.3) is 5.91 Å². The number of hydrazine groups is 1. The third kappa shape index (κ3) is 6.60. The third-order valence-corrected chi connectivity index (χ3v) is 3.45. The van der Waals surface area contributed by atoms with E-state index < -0.39 is 0 Å². The largest absolute Gasteiger partial charge is 0.497 e. The van der Waals surface area contributed by atoms with Crippen molar-refractivity contribution in [3.63, 3.8) is 0 Å². The highest BCUT2D eigenvalue weighted by Crippen LogP contribution is 2.12. The van der Waals surface area contributed by atoms with E-state index in [1.807, 2.05) is 24.3 Å². The Kier molecular flexibility index (Phi) is 6.91. The fourth-order valence-corrected chi connectivity index (χ4v) is 2.00. The van der Waals surface area contributed by atoms with Crippen molar-refractivity contribution in [3.05, 3.63) is 71.6 Å². The summed E-state index contributed by atoms with van der Waals surface area (Å²) in [5.74, 6) is 0.114. The SMILES string of the molecule is COc1ccc(/C=C/C(=O)NNC(=S)NCc2ccc(F)cc2)cc1. The summed E-state index contributed by atoms with van der Waals surface area (Å²) in [6.45, 7) is 0.420. The maximum atomic E-state index is 12.8. The predicted octanol–water partition coefficient (Wildman–Crippen LogP) is 2.54. The minimum absolute atomic E-state index is 0.260. The lowest BCUT2D eigenvalue weighted by atomic mass is 10.2. The van der Waals surface area contributed by atoms with E-state index in [4.69, 9.17) is 17.0 Å². The molecule has 0 aliphatic heterocycles. The normalized spacial score (nSPS) is 10.3. The van der Waals surface area contributed by atoms with Crippen molar-refractivity contribution in [1.29, 1.82) is 0 Å². The van der Waals surface area contributed by atoms with Crippen molar-refractivity contribution in [3.8, 4) is 5.75 Å². The molecule has 0 radical (unpaired) electrons. The molecule has 3 N–H and O–H groups in total. The fourth-order valence-electron chi connectivity index (χ4n) is 1.88. The molecule has 0 unspecified atom stereocenters. The molecule has 0 saturated heterocycles. The van der Waals surface area contributed by atoms with Gasteiger partial charge in [0.05, 0.1) is 7.11 Å². The van der Waals surface area contributed by atoms with Crippen LogP contribution in [0.2, 0.25) is 0 Å². The molecule has 0 bridgehead atoms. The summed E-state index contributed by atoms with van der Waals surface area (Å²) in [5, 5.41) is 3.17. The quantitative estimate of drug-likeness (QED) is 0.435. The molecule has 0 atom stereocenters. The van der Waals surface area contributed by atoms with Gasteiger partial charge in [0.2, 0.25) is 0 Å². The number of thiocarbonyl (C=S) groups is 1. The van der Waals surface area contributed by atoms with Crippen LogP contribution in [-0.4, -0.2) is 18.1 Å². The molecule has 0 aliphatic carbocycles. The second kappa shape index (κ2) is 9.39. The highest BCUT2D eigenvalue weighted by molar-refractivity contribution is 7.80. The summed E-state index contributed by atoms with van der Waals surface area (Å²) in [4.78, 5) is 11.7. The molecule has 5 nitrogen and oxygen atoms in total. The molecule has 130 valence electrons. The third-order valence-electron chi connectivity index (χ3n) is 3.21. The average Bonchev–Trinajstić information content (AvgIpc) is 2.64. The molecule has 0 fully saturated rings. The van der Waals surface area contributed by atoms with E-state index in [0.717, 1.165) is 16.9 Å². The molecule has 2 rings (SSSR count). The van der Waals surface area contributed by atoms with Gasteiger partial charge in [0, 0.05) is 12.6 Å². The maximum absolute atomic E-state index is 12.8. The Hall–Kier alpha value is -2.93. The zero-order valence-electron chi connectivity index (χ0n) is 13.6. The molecule has 0 spiro atoms. The number of carbonyl (C=O) groups excluding carboxylic acids is 1. The summed E-state index contributed by atoms with van der Waals surface area (Å²) in [6, 6.07) is 13.4. The van der Waals surface area contributed by atoms with E-state index in [2.05, 4.69) is 16.2 Å². The summed E-state index contributed by atoms with van der Waals surface area (Å²) < 4.78 is 17.9. The summed E-state index contributed by atoms with van der Waals surface area (Å²) >= 11 is 5.05. The topological polar surface area (TPSA) is 62.4 Å². The van der Waals surface area contributed by atoms with Gasteiger partial charge in [-0.15, -0.1) is 0 Å². The molecule has 1 amide bonds. The van der Waals surface area contributed by atoms with Gasteiger partial charge in [-0.1, -0.05) is 24.3 Å². The molecule has 25 heavy (non-hydrogen) atoms. The number of hydrogen-bond acceptors (Lipinski definition) is 3. The highest BCUT2D eigenvalue weighted by Gasteiger charge is 1.99. The van der Waals surface area contributed by atoms with Crippen LogP contribution in [0.25, 0.3) is 6.08 Å². The zero-order chi connectivity index (χ0) is 18.1. The van der Waals surface area contributed by atoms with Gasteiger partial charge in [-0.05, 0) is 53.7 Å². The van der Waals surface area contributed by atoms with Gasteiger partial charge in [-0.2, -0.15) is 0 Å². The Morgan fingerprint density at radius 2 is 1.80 bits per heavy atom. The van der Waals surface area contributed by atoms with Gasteiger partial charge in [-0.3, -0.25) is 15.6 Å². The van der Waals surface area contributed by atoms with E-state index in [1.165, 1.54) is 18.2 Å². The molecule has 0 aliphatic rings. The van der Waals surface area contributed by atoms with Crippen molar-refractivity contribution < 1.29 is 13.9 Å². The first-order chi connectivity index (χ1) is 12.1. The number of carbonyl (C=O) groups is 1. The minimum atomic E-state index is -0.346. The van der Waals surface area contributed by atoms with Crippen LogP contribution in [0, 0.1) is 5.82 Å². The number of rotatable bonds is 5. The van der Waals surface area contributed by atoms with Gasteiger partial charge in [-0.25, -0.2) is 4.39 Å². The number of methoxy groups -OCH3 is 1. The fraction of sp³-hybridized carbons (Fsp3) is 0.111. The Labute approximate surface area is 150 Å². The van der Waals surface area contributed by atoms with Crippen LogP contribution >= 0.6 is 12.2 Å². The van der Waals surface area contributed by atoms with Crippen LogP contribution in [0.15, 0.2) is 54.6 Å². The van der Waals surface area contributed by atoms with Crippen LogP contribution in [0.3, 0.4) is 0 Å². The van der Waals surface area contributed by atoms with Gasteiger partial charge in [0.15, 0.2) is 5.11 Å². The first-order valence-corrected chi connectivity index (χ1v) is 7.88. The van der Waals surface area contributed by atoms with Crippen LogP contribution in [-0.2, 0) is 11.3 Å². The monoisotopic (exact) mass is 359 g/mol. The van der Waals surface area contributed by atoms with E-state index in [1.54, 1.807) is 25.3 Å². The number of halogens is 1. The van der Waals surface area contributed by atoms with Gasteiger partial charge < -0.3 is 10.1 Å². The molecular formula is C18H18FN3O2S. The van der Waals surface area contributed by atoms with Gasteiger partial charge >= 0.3 is 0 Å². The van der Waals surface area contributed by atoms with Crippen LogP contribution in [0.4, 0.5) is 4.39 Å². The lowest BCUT2D eigenvalue weighted by Gasteiger charge is -2.10. The Morgan fingerprint density at radius 1 is 1.12 bits per heavy atom. The summed E-state index contributed by atoms with van der Waals surface area (Å²) in [5.41, 5.74) is 6.79. The van der Waals surface area contributed by atoms with E-state index in [-0.39, 0.29) is 16.8 Å². The standard InChI is InChI=1S/C18H18FN3O2S/c1-24-16-9-4-13(5-10-16)6-11-17(23)21-22-18(25)20-12-14-2-7-15(19)8-3-14/h2-11H,12H2,1H3,(H,21,23)(H2,20,22,25)/b11-6+. The maximum Gasteiger partial charge on any atom is 0.262 e. The Morgan fingerprint density at radius 3 is 2.44 bits per heavy atom. The average molecular weight is 359 g/mol. The van der Waals surface area contributed by atoms with Crippen molar-refractivity contribution in [2.45, 2.75) is 6.54 Å². The highest BCUT2D eigenvalue weighted by atomic mass is 32.1. The molecule has 7 heteroatoms. The molecule has 0 aromatic heterocycles. The summed E-state index contributed by atoms with van der Waals surface area (Å²) in [7, 11) is 1.59. The lowest BCUT2D eigenvalue weighted by Crippen LogP contribution is -2.45. The molecule has 2 aromatic rings.